The normalized spacial score (nSPS) is 11.7. The van der Waals surface area contributed by atoms with E-state index in [-0.39, 0.29) is 0 Å². The maximum absolute atomic E-state index is 9.96. The van der Waals surface area contributed by atoms with Crippen molar-refractivity contribution in [1.29, 1.82) is 5.26 Å². The third-order valence-electron chi connectivity index (χ3n) is 9.57. The number of aromatic nitrogens is 4. The number of benzene rings is 7. The largest absolute Gasteiger partial charge is 0.309 e. The molecule has 10 aromatic rings. The third-order valence-corrected chi connectivity index (χ3v) is 9.57. The van der Waals surface area contributed by atoms with E-state index in [4.69, 9.17) is 9.97 Å². The van der Waals surface area contributed by atoms with E-state index in [1.54, 1.807) is 0 Å². The van der Waals surface area contributed by atoms with E-state index in [9.17, 15) is 5.26 Å². The molecule has 0 unspecified atom stereocenters. The summed E-state index contributed by atoms with van der Waals surface area (Å²) in [6, 6.07) is 55.5. The molecule has 7 aromatic carbocycles. The summed E-state index contributed by atoms with van der Waals surface area (Å²) in [7, 11) is 0. The first-order chi connectivity index (χ1) is 23.8. The molecule has 0 atom stereocenters. The van der Waals surface area contributed by atoms with Crippen molar-refractivity contribution in [3.63, 3.8) is 0 Å². The first kappa shape index (κ1) is 26.4. The molecule has 5 nitrogen and oxygen atoms in total. The van der Waals surface area contributed by atoms with Gasteiger partial charge in [-0.25, -0.2) is 9.97 Å². The van der Waals surface area contributed by atoms with Crippen molar-refractivity contribution in [2.45, 2.75) is 0 Å². The fraction of sp³-hybridized carbons (Fsp3) is 0. The minimum Gasteiger partial charge on any atom is -0.309 e. The van der Waals surface area contributed by atoms with Crippen LogP contribution in [-0.4, -0.2) is 19.1 Å². The van der Waals surface area contributed by atoms with Gasteiger partial charge in [0, 0.05) is 38.0 Å². The second-order valence-electron chi connectivity index (χ2n) is 12.2. The van der Waals surface area contributed by atoms with Crippen LogP contribution >= 0.6 is 0 Å². The molecule has 0 bridgehead atoms. The summed E-state index contributed by atoms with van der Waals surface area (Å²) in [5, 5.41) is 17.8. The van der Waals surface area contributed by atoms with E-state index in [1.807, 2.05) is 30.3 Å². The van der Waals surface area contributed by atoms with Gasteiger partial charge in [0.25, 0.3) is 0 Å². The number of fused-ring (bicyclic) bond motifs is 9. The van der Waals surface area contributed by atoms with E-state index in [0.29, 0.717) is 11.6 Å². The van der Waals surface area contributed by atoms with Crippen LogP contribution in [0.25, 0.3) is 88.0 Å². The highest BCUT2D eigenvalue weighted by atomic mass is 15.2. The summed E-state index contributed by atoms with van der Waals surface area (Å²) in [5.74, 6) is 0.492. The molecule has 0 fully saturated rings. The average Bonchev–Trinajstić information content (AvgIpc) is 3.67. The topological polar surface area (TPSA) is 59.4 Å². The van der Waals surface area contributed by atoms with Gasteiger partial charge in [0.1, 0.15) is 6.07 Å². The predicted octanol–water partition coefficient (Wildman–Crippen LogP) is 10.5. The Hall–Kier alpha value is -6.77. The van der Waals surface area contributed by atoms with E-state index in [2.05, 4.69) is 137 Å². The Morgan fingerprint density at radius 1 is 0.458 bits per heavy atom. The lowest BCUT2D eigenvalue weighted by molar-refractivity contribution is 1.00. The molecule has 0 amide bonds. The number of hydrogen-bond donors (Lipinski definition) is 0. The van der Waals surface area contributed by atoms with Crippen molar-refractivity contribution in [3.05, 3.63) is 157 Å². The van der Waals surface area contributed by atoms with Crippen LogP contribution in [0.15, 0.2) is 152 Å². The Morgan fingerprint density at radius 3 is 1.88 bits per heavy atom. The zero-order chi connectivity index (χ0) is 31.8. The highest BCUT2D eigenvalue weighted by molar-refractivity contribution is 6.19. The average molecular weight is 612 g/mol. The lowest BCUT2D eigenvalue weighted by atomic mass is 10.00. The maximum Gasteiger partial charge on any atom is 0.236 e. The van der Waals surface area contributed by atoms with E-state index < -0.39 is 0 Å². The minimum absolute atomic E-state index is 0.369. The Morgan fingerprint density at radius 2 is 1.08 bits per heavy atom. The molecule has 0 radical (unpaired) electrons. The molecule has 3 aromatic heterocycles. The van der Waals surface area contributed by atoms with Gasteiger partial charge >= 0.3 is 0 Å². The molecule has 3 heterocycles. The van der Waals surface area contributed by atoms with Crippen LogP contribution in [0, 0.1) is 11.3 Å². The zero-order valence-corrected chi connectivity index (χ0v) is 25.7. The van der Waals surface area contributed by atoms with Crippen LogP contribution in [0.2, 0.25) is 0 Å². The zero-order valence-electron chi connectivity index (χ0n) is 25.7. The number of nitrogens with zero attached hydrogens (tertiary/aromatic N) is 5. The van der Waals surface area contributed by atoms with E-state index >= 15 is 0 Å². The Balaban J connectivity index is 1.21. The van der Waals surface area contributed by atoms with Crippen LogP contribution in [0.4, 0.5) is 0 Å². The lowest BCUT2D eigenvalue weighted by Crippen LogP contribution is -2.03. The quantitative estimate of drug-likeness (QED) is 0.200. The molecule has 0 aliphatic heterocycles. The Bertz CT molecular complexity index is 2960. The molecular formula is C43H25N5. The first-order valence-corrected chi connectivity index (χ1v) is 16.0. The highest BCUT2D eigenvalue weighted by Crippen LogP contribution is 2.40. The number of hydrogen-bond acceptors (Lipinski definition) is 3. The van der Waals surface area contributed by atoms with Gasteiger partial charge in [0.2, 0.25) is 5.95 Å². The van der Waals surface area contributed by atoms with Crippen molar-refractivity contribution in [2.24, 2.45) is 0 Å². The Kier molecular flexibility index (Phi) is 5.57. The summed E-state index contributed by atoms with van der Waals surface area (Å²) in [6.07, 6.45) is 0. The first-order valence-electron chi connectivity index (χ1n) is 16.0. The van der Waals surface area contributed by atoms with Crippen LogP contribution in [0.3, 0.4) is 0 Å². The Labute approximate surface area is 275 Å². The third kappa shape index (κ3) is 3.78. The van der Waals surface area contributed by atoms with Crippen LogP contribution < -0.4 is 0 Å². The molecule has 0 N–H and O–H groups in total. The standard InChI is InChI=1S/C43H25N5/c44-26-38-34-15-6-8-16-37(34)45-43(46-38)48-39-17-9-7-14-32(39)35-24-28(20-23-41(35)48)29-19-22-40-36(25-29)33-21-18-27-10-4-5-13-31(27)42(33)47(40)30-11-2-1-3-12-30/h1-25H. The van der Waals surface area contributed by atoms with Gasteiger partial charge < -0.3 is 4.57 Å². The number of para-hydroxylation sites is 3. The van der Waals surface area contributed by atoms with Crippen molar-refractivity contribution in [1.82, 2.24) is 19.1 Å². The summed E-state index contributed by atoms with van der Waals surface area (Å²) >= 11 is 0. The second kappa shape index (κ2) is 10.1. The summed E-state index contributed by atoms with van der Waals surface area (Å²) in [5.41, 5.74) is 8.93. The van der Waals surface area contributed by atoms with Crippen LogP contribution in [0.5, 0.6) is 0 Å². The highest BCUT2D eigenvalue weighted by Gasteiger charge is 2.19. The monoisotopic (exact) mass is 611 g/mol. The van der Waals surface area contributed by atoms with Crippen molar-refractivity contribution in [2.75, 3.05) is 0 Å². The molecular weight excluding hydrogens is 587 g/mol. The van der Waals surface area contributed by atoms with Crippen molar-refractivity contribution >= 4 is 65.3 Å². The molecule has 222 valence electrons. The maximum atomic E-state index is 9.96. The number of rotatable bonds is 3. The minimum atomic E-state index is 0.369. The number of nitriles is 1. The van der Waals surface area contributed by atoms with Gasteiger partial charge in [0.15, 0.2) is 5.69 Å². The van der Waals surface area contributed by atoms with Crippen molar-refractivity contribution in [3.8, 4) is 28.8 Å². The molecule has 0 spiro atoms. The molecule has 0 aliphatic rings. The molecule has 0 saturated heterocycles. The van der Waals surface area contributed by atoms with Gasteiger partial charge in [0.05, 0.1) is 27.6 Å². The molecule has 10 rings (SSSR count). The van der Waals surface area contributed by atoms with Crippen LogP contribution in [-0.2, 0) is 0 Å². The van der Waals surface area contributed by atoms with Gasteiger partial charge in [-0.15, -0.1) is 0 Å². The van der Waals surface area contributed by atoms with Crippen molar-refractivity contribution < 1.29 is 0 Å². The van der Waals surface area contributed by atoms with Crippen LogP contribution in [0.1, 0.15) is 5.69 Å². The van der Waals surface area contributed by atoms with Gasteiger partial charge in [-0.2, -0.15) is 5.26 Å². The lowest BCUT2D eigenvalue weighted by Gasteiger charge is -2.10. The molecule has 48 heavy (non-hydrogen) atoms. The molecule has 0 aliphatic carbocycles. The molecule has 5 heteroatoms. The fourth-order valence-corrected chi connectivity index (χ4v) is 7.42. The van der Waals surface area contributed by atoms with Gasteiger partial charge in [-0.1, -0.05) is 97.1 Å². The second-order valence-corrected chi connectivity index (χ2v) is 12.2. The summed E-state index contributed by atoms with van der Waals surface area (Å²) in [6.45, 7) is 0. The predicted molar refractivity (Wildman–Crippen MR) is 196 cm³/mol. The smallest absolute Gasteiger partial charge is 0.236 e. The summed E-state index contributed by atoms with van der Waals surface area (Å²) < 4.78 is 4.47. The van der Waals surface area contributed by atoms with E-state index in [1.165, 1.54) is 32.6 Å². The van der Waals surface area contributed by atoms with Gasteiger partial charge in [-0.3, -0.25) is 4.57 Å². The molecule has 0 saturated carbocycles. The fourth-order valence-electron chi connectivity index (χ4n) is 7.42. The van der Waals surface area contributed by atoms with E-state index in [0.717, 1.165) is 49.5 Å². The summed E-state index contributed by atoms with van der Waals surface area (Å²) in [4.78, 5) is 9.66. The van der Waals surface area contributed by atoms with Gasteiger partial charge in [-0.05, 0) is 71.1 Å². The SMILES string of the molecule is N#Cc1nc(-n2c3ccccc3c3cc(-c4ccc5c(c4)c4ccc6ccccc6c4n5-c4ccccc4)ccc32)nc2ccccc12.